The Morgan fingerprint density at radius 1 is 1.19 bits per heavy atom. The summed E-state index contributed by atoms with van der Waals surface area (Å²) in [5, 5.41) is 2.59. The lowest BCUT2D eigenvalue weighted by atomic mass is 10.2. The monoisotopic (exact) mass is 469 g/mol. The number of hydrogen-bond donors (Lipinski definition) is 2. The normalized spacial score (nSPS) is 11.2. The number of thioether (sulfide) groups is 1. The van der Waals surface area contributed by atoms with Crippen molar-refractivity contribution >= 4 is 44.9 Å². The van der Waals surface area contributed by atoms with Gasteiger partial charge in [-0.25, -0.2) is 9.78 Å². The third-order valence-electron chi connectivity index (χ3n) is 4.78. The molecule has 0 amide bonds. The van der Waals surface area contributed by atoms with E-state index in [9.17, 15) is 19.2 Å². The van der Waals surface area contributed by atoms with E-state index in [1.807, 2.05) is 13.0 Å². The number of anilines is 1. The summed E-state index contributed by atoms with van der Waals surface area (Å²) < 4.78 is 2.62. The van der Waals surface area contributed by atoms with Crippen LogP contribution in [0.15, 0.2) is 61.3 Å². The molecule has 0 unspecified atom stereocenters. The molecule has 0 saturated carbocycles. The van der Waals surface area contributed by atoms with Crippen molar-refractivity contribution in [3.05, 3.63) is 78.5 Å². The Morgan fingerprint density at radius 2 is 1.94 bits per heavy atom. The second kappa shape index (κ2) is 8.97. The Balaban J connectivity index is 1.74. The summed E-state index contributed by atoms with van der Waals surface area (Å²) in [4.78, 5) is 57.6. The van der Waals surface area contributed by atoms with Gasteiger partial charge in [-0.1, -0.05) is 36.9 Å². The molecule has 0 aliphatic rings. The molecule has 0 saturated heterocycles. The van der Waals surface area contributed by atoms with Crippen molar-refractivity contribution in [2.24, 2.45) is 0 Å². The predicted molar refractivity (Wildman–Crippen MR) is 126 cm³/mol. The molecule has 0 radical (unpaired) electrons. The maximum Gasteiger partial charge on any atom is 0.329 e. The van der Waals surface area contributed by atoms with Gasteiger partial charge in [0.25, 0.3) is 11.1 Å². The fourth-order valence-corrected chi connectivity index (χ4v) is 4.99. The second-order valence-electron chi connectivity index (χ2n) is 6.89. The summed E-state index contributed by atoms with van der Waals surface area (Å²) in [6.07, 6.45) is 0.604. The van der Waals surface area contributed by atoms with Gasteiger partial charge in [0.05, 0.1) is 16.8 Å². The number of Topliss-reactive ketones (excluding diaryl/α,β-unsaturated/α-hetero) is 1. The number of benzene rings is 1. The summed E-state index contributed by atoms with van der Waals surface area (Å²) in [5.41, 5.74) is 4.61. The summed E-state index contributed by atoms with van der Waals surface area (Å²) in [7, 11) is 0. The zero-order valence-electron chi connectivity index (χ0n) is 17.0. The minimum atomic E-state index is -0.826. The van der Waals surface area contributed by atoms with Crippen LogP contribution >= 0.6 is 23.1 Å². The first-order valence-electron chi connectivity index (χ1n) is 9.76. The Bertz CT molecular complexity index is 1480. The molecule has 4 rings (SSSR count). The number of nitrogen functional groups attached to an aromatic ring is 1. The number of aromatic nitrogens is 4. The molecule has 3 heterocycles. The number of nitrogens with zero attached hydrogens (tertiary/aromatic N) is 3. The van der Waals surface area contributed by atoms with Crippen molar-refractivity contribution in [2.45, 2.75) is 25.0 Å². The molecule has 0 aliphatic heterocycles. The van der Waals surface area contributed by atoms with E-state index in [2.05, 4.69) is 9.97 Å². The molecule has 0 spiro atoms. The molecule has 0 bridgehead atoms. The van der Waals surface area contributed by atoms with Gasteiger partial charge in [0.1, 0.15) is 16.2 Å². The molecule has 164 valence electrons. The van der Waals surface area contributed by atoms with Gasteiger partial charge in [0.15, 0.2) is 10.9 Å². The highest BCUT2D eigenvalue weighted by molar-refractivity contribution is 7.99. The van der Waals surface area contributed by atoms with Gasteiger partial charge in [-0.15, -0.1) is 11.3 Å². The van der Waals surface area contributed by atoms with Gasteiger partial charge in [-0.05, 0) is 30.0 Å². The molecular formula is C21H19N5O4S2. The number of H-pyrrole nitrogens is 1. The van der Waals surface area contributed by atoms with E-state index in [1.165, 1.54) is 20.5 Å². The van der Waals surface area contributed by atoms with Crippen LogP contribution < -0.4 is 22.5 Å². The quantitative estimate of drug-likeness (QED) is 0.241. The Kier molecular flexibility index (Phi) is 6.10. The van der Waals surface area contributed by atoms with Crippen LogP contribution in [0.25, 0.3) is 15.9 Å². The minimum absolute atomic E-state index is 0.159. The zero-order chi connectivity index (χ0) is 22.8. The number of nitrogens with two attached hydrogens (primary N) is 1. The topological polar surface area (TPSA) is 133 Å². The van der Waals surface area contributed by atoms with Crippen molar-refractivity contribution in [3.63, 3.8) is 0 Å². The van der Waals surface area contributed by atoms with Crippen molar-refractivity contribution in [1.29, 1.82) is 0 Å². The van der Waals surface area contributed by atoms with E-state index in [0.29, 0.717) is 27.5 Å². The van der Waals surface area contributed by atoms with Crippen LogP contribution in [0.4, 0.5) is 5.82 Å². The molecule has 4 aromatic rings. The number of hydrogen-bond acceptors (Lipinski definition) is 8. The van der Waals surface area contributed by atoms with Crippen molar-refractivity contribution in [2.75, 3.05) is 11.5 Å². The van der Waals surface area contributed by atoms with E-state index in [0.717, 1.165) is 11.8 Å². The number of aromatic amines is 1. The fourth-order valence-electron chi connectivity index (χ4n) is 3.30. The standard InChI is InChI=1S/C21H19N5O4S2/c1-2-9-25-16(22)15(17(28)23-20(25)30)14(27)11-32-21-24-18-13(8-10-31-18)19(29)26(21)12-6-4-3-5-7-12/h3-8,10H,2,9,11,22H2,1H3,(H,23,28,30). The number of ketones is 1. The van der Waals surface area contributed by atoms with Crippen LogP contribution in [0.2, 0.25) is 0 Å². The molecule has 3 aromatic heterocycles. The van der Waals surface area contributed by atoms with E-state index < -0.39 is 17.0 Å². The maximum absolute atomic E-state index is 13.1. The molecule has 9 nitrogen and oxygen atoms in total. The molecule has 1 aromatic carbocycles. The van der Waals surface area contributed by atoms with Gasteiger partial charge in [0.2, 0.25) is 0 Å². The highest BCUT2D eigenvalue weighted by atomic mass is 32.2. The number of nitrogens with one attached hydrogen (secondary N) is 1. The van der Waals surface area contributed by atoms with Gasteiger partial charge in [-0.3, -0.25) is 28.5 Å². The van der Waals surface area contributed by atoms with Crippen molar-refractivity contribution in [3.8, 4) is 5.69 Å². The molecule has 11 heteroatoms. The number of rotatable bonds is 7. The summed E-state index contributed by atoms with van der Waals surface area (Å²) in [6, 6.07) is 10.7. The molecule has 3 N–H and O–H groups in total. The summed E-state index contributed by atoms with van der Waals surface area (Å²) in [6.45, 7) is 2.13. The summed E-state index contributed by atoms with van der Waals surface area (Å²) in [5.74, 6) is -0.902. The predicted octanol–water partition coefficient (Wildman–Crippen LogP) is 2.26. The van der Waals surface area contributed by atoms with E-state index in [1.54, 1.807) is 35.7 Å². The van der Waals surface area contributed by atoms with E-state index in [4.69, 9.17) is 5.73 Å². The Morgan fingerprint density at radius 3 is 2.66 bits per heavy atom. The largest absolute Gasteiger partial charge is 0.384 e. The first-order chi connectivity index (χ1) is 15.4. The smallest absolute Gasteiger partial charge is 0.329 e. The van der Waals surface area contributed by atoms with Crippen molar-refractivity contribution < 1.29 is 4.79 Å². The molecule has 0 atom stereocenters. The van der Waals surface area contributed by atoms with Crippen LogP contribution in [0.3, 0.4) is 0 Å². The lowest BCUT2D eigenvalue weighted by Gasteiger charge is -2.13. The van der Waals surface area contributed by atoms with Gasteiger partial charge >= 0.3 is 5.69 Å². The number of thiophene rings is 1. The average molecular weight is 470 g/mol. The van der Waals surface area contributed by atoms with Crippen LogP contribution in [-0.2, 0) is 6.54 Å². The van der Waals surface area contributed by atoms with Gasteiger partial charge in [0, 0.05) is 6.54 Å². The highest BCUT2D eigenvalue weighted by Crippen LogP contribution is 2.24. The summed E-state index contributed by atoms with van der Waals surface area (Å²) >= 11 is 2.36. The second-order valence-corrected chi connectivity index (χ2v) is 8.73. The molecule has 0 aliphatic carbocycles. The lowest BCUT2D eigenvalue weighted by molar-refractivity contribution is 0.102. The first-order valence-corrected chi connectivity index (χ1v) is 11.6. The third kappa shape index (κ3) is 3.92. The number of carbonyl (C=O) groups is 1. The van der Waals surface area contributed by atoms with Crippen LogP contribution in [0.1, 0.15) is 23.7 Å². The van der Waals surface area contributed by atoms with E-state index >= 15 is 0 Å². The average Bonchev–Trinajstić information content (AvgIpc) is 3.25. The number of para-hydroxylation sites is 1. The van der Waals surface area contributed by atoms with Crippen molar-refractivity contribution in [1.82, 2.24) is 19.1 Å². The maximum atomic E-state index is 13.1. The van der Waals surface area contributed by atoms with E-state index in [-0.39, 0.29) is 29.2 Å². The number of carbonyl (C=O) groups excluding carboxylic acids is 1. The Hall–Kier alpha value is -3.44. The highest BCUT2D eigenvalue weighted by Gasteiger charge is 2.21. The molecule has 0 fully saturated rings. The third-order valence-corrected chi connectivity index (χ3v) is 6.52. The number of fused-ring (bicyclic) bond motifs is 1. The van der Waals surface area contributed by atoms with Gasteiger partial charge in [-0.2, -0.15) is 0 Å². The van der Waals surface area contributed by atoms with Crippen LogP contribution in [0, 0.1) is 0 Å². The molecular weight excluding hydrogens is 450 g/mol. The minimum Gasteiger partial charge on any atom is -0.384 e. The molecule has 32 heavy (non-hydrogen) atoms. The fraction of sp³-hybridized carbons (Fsp3) is 0.190. The van der Waals surface area contributed by atoms with Crippen LogP contribution in [-0.4, -0.2) is 30.6 Å². The lowest BCUT2D eigenvalue weighted by Crippen LogP contribution is -2.36. The SMILES string of the molecule is CCCn1c(N)c(C(=O)CSc2nc3sccc3c(=O)n2-c2ccccc2)c(=O)[nH]c1=O. The van der Waals surface area contributed by atoms with Crippen LogP contribution in [0.5, 0.6) is 0 Å². The first kappa shape index (κ1) is 21.8. The Labute approximate surface area is 189 Å². The van der Waals surface area contributed by atoms with Gasteiger partial charge < -0.3 is 5.73 Å². The zero-order valence-corrected chi connectivity index (χ0v) is 18.7.